The van der Waals surface area contributed by atoms with Gasteiger partial charge in [-0.05, 0) is 6.42 Å². The summed E-state index contributed by atoms with van der Waals surface area (Å²) < 4.78 is 1.06. The molecule has 1 aliphatic heterocycles. The highest BCUT2D eigenvalue weighted by atomic mass is 16.3. The Kier molecular flexibility index (Phi) is 2.04. The lowest BCUT2D eigenvalue weighted by Gasteiger charge is -2.15. The zero-order valence-corrected chi connectivity index (χ0v) is 6.68. The molecule has 0 amide bonds. The molecule has 0 spiro atoms. The maximum Gasteiger partial charge on any atom is 0.263 e. The van der Waals surface area contributed by atoms with Crippen molar-refractivity contribution in [3.63, 3.8) is 0 Å². The van der Waals surface area contributed by atoms with Crippen molar-refractivity contribution < 1.29 is 4.76 Å². The number of hydrogen-bond donors (Lipinski definition) is 1. The fourth-order valence-corrected chi connectivity index (χ4v) is 1.58. The highest BCUT2D eigenvalue weighted by molar-refractivity contribution is 4.80. The van der Waals surface area contributed by atoms with E-state index >= 15 is 0 Å². The van der Waals surface area contributed by atoms with E-state index in [1.54, 1.807) is 7.05 Å². The molecule has 0 radical (unpaired) electrons. The van der Waals surface area contributed by atoms with E-state index in [1.807, 2.05) is 6.92 Å². The summed E-state index contributed by atoms with van der Waals surface area (Å²) in [6, 6.07) is 0. The normalized spacial score (nSPS) is 32.6. The summed E-state index contributed by atoms with van der Waals surface area (Å²) >= 11 is 0. The fourth-order valence-electron chi connectivity index (χ4n) is 1.58. The van der Waals surface area contributed by atoms with Gasteiger partial charge in [0.1, 0.15) is 0 Å². The molecule has 1 saturated heterocycles. The summed E-state index contributed by atoms with van der Waals surface area (Å²) in [4.78, 5) is 11.1. The van der Waals surface area contributed by atoms with Crippen LogP contribution < -0.4 is 5.32 Å². The van der Waals surface area contributed by atoms with Crippen molar-refractivity contribution in [1.82, 2.24) is 5.32 Å². The second-order valence-corrected chi connectivity index (χ2v) is 2.91. The van der Waals surface area contributed by atoms with Crippen molar-refractivity contribution in [2.75, 3.05) is 13.6 Å². The zero-order valence-electron chi connectivity index (χ0n) is 6.68. The summed E-state index contributed by atoms with van der Waals surface area (Å²) in [5.41, 5.74) is -0.236. The number of nitroso groups, excluding NO2 is 1. The first-order valence-corrected chi connectivity index (χ1v) is 3.87. The minimum absolute atomic E-state index is 0.236. The van der Waals surface area contributed by atoms with Gasteiger partial charge in [-0.15, -0.1) is 0 Å². The molecule has 1 heterocycles. The van der Waals surface area contributed by atoms with Crippen molar-refractivity contribution >= 4 is 0 Å². The Bertz CT molecular complexity index is 139. The Labute approximate surface area is 61.4 Å². The van der Waals surface area contributed by atoms with E-state index in [0.29, 0.717) is 0 Å². The zero-order chi connectivity index (χ0) is 7.61. The van der Waals surface area contributed by atoms with Gasteiger partial charge < -0.3 is 0 Å². The first kappa shape index (κ1) is 7.66. The average Bonchev–Trinajstić information content (AvgIpc) is 2.35. The minimum atomic E-state index is -0.236. The number of hydrogen-bond acceptors (Lipinski definition) is 2. The molecule has 1 rings (SSSR count). The maximum atomic E-state index is 11.1. The third kappa shape index (κ3) is 1.06. The van der Waals surface area contributed by atoms with Crippen molar-refractivity contribution in [2.24, 2.45) is 0 Å². The van der Waals surface area contributed by atoms with Gasteiger partial charge in [0.25, 0.3) is 5.66 Å². The molecular weight excluding hydrogens is 128 g/mol. The molecule has 1 aliphatic rings. The Morgan fingerprint density at radius 3 is 2.60 bits per heavy atom. The van der Waals surface area contributed by atoms with Crippen LogP contribution in [-0.4, -0.2) is 24.0 Å². The van der Waals surface area contributed by atoms with Crippen LogP contribution in [0.5, 0.6) is 0 Å². The van der Waals surface area contributed by atoms with E-state index in [2.05, 4.69) is 5.32 Å². The molecule has 1 fully saturated rings. The van der Waals surface area contributed by atoms with E-state index in [0.717, 1.165) is 30.6 Å². The topological polar surface area (TPSA) is 32.1 Å². The number of nitrogens with zero attached hydrogens (tertiary/aromatic N) is 1. The maximum absolute atomic E-state index is 11.1. The van der Waals surface area contributed by atoms with Crippen LogP contribution in [0, 0.1) is 4.91 Å². The van der Waals surface area contributed by atoms with Crippen molar-refractivity contribution in [1.29, 1.82) is 0 Å². The van der Waals surface area contributed by atoms with E-state index in [4.69, 9.17) is 0 Å². The van der Waals surface area contributed by atoms with E-state index < -0.39 is 0 Å². The van der Waals surface area contributed by atoms with Crippen LogP contribution in [0.3, 0.4) is 0 Å². The third-order valence-electron chi connectivity index (χ3n) is 2.41. The van der Waals surface area contributed by atoms with Crippen molar-refractivity contribution in [3.05, 3.63) is 4.91 Å². The standard InChI is InChI=1S/C7H15N2O/c1-3-7(9(2)10)5-4-6-8-7/h8H,3-6H2,1-2H3/q+1. The van der Waals surface area contributed by atoms with Gasteiger partial charge in [-0.2, -0.15) is 0 Å². The molecule has 1 atom stereocenters. The molecule has 0 bridgehead atoms. The van der Waals surface area contributed by atoms with E-state index in [-0.39, 0.29) is 5.66 Å². The molecule has 58 valence electrons. The van der Waals surface area contributed by atoms with Crippen LogP contribution in [0.25, 0.3) is 0 Å². The Morgan fingerprint density at radius 1 is 1.70 bits per heavy atom. The molecule has 1 N–H and O–H groups in total. The Hall–Kier alpha value is -0.440. The van der Waals surface area contributed by atoms with Gasteiger partial charge in [-0.1, -0.05) is 6.92 Å². The van der Waals surface area contributed by atoms with Gasteiger partial charge in [0.05, 0.1) is 0 Å². The van der Waals surface area contributed by atoms with Crippen LogP contribution >= 0.6 is 0 Å². The highest BCUT2D eigenvalue weighted by Crippen LogP contribution is 2.22. The van der Waals surface area contributed by atoms with Gasteiger partial charge in [-0.3, -0.25) is 5.32 Å². The van der Waals surface area contributed by atoms with Crippen molar-refractivity contribution in [2.45, 2.75) is 31.8 Å². The van der Waals surface area contributed by atoms with Crippen LogP contribution in [-0.2, 0) is 0 Å². The van der Waals surface area contributed by atoms with Crippen LogP contribution in [0.15, 0.2) is 0 Å². The Morgan fingerprint density at radius 2 is 2.40 bits per heavy atom. The third-order valence-corrected chi connectivity index (χ3v) is 2.41. The first-order chi connectivity index (χ1) is 4.71. The van der Waals surface area contributed by atoms with Gasteiger partial charge in [-0.25, -0.2) is 0 Å². The first-order valence-electron chi connectivity index (χ1n) is 3.87. The predicted octanol–water partition coefficient (Wildman–Crippen LogP) is 0.885. The highest BCUT2D eigenvalue weighted by Gasteiger charge is 2.43. The molecule has 3 nitrogen and oxygen atoms in total. The second-order valence-electron chi connectivity index (χ2n) is 2.91. The summed E-state index contributed by atoms with van der Waals surface area (Å²) in [7, 11) is 1.60. The lowest BCUT2D eigenvalue weighted by atomic mass is 10.1. The molecule has 1 unspecified atom stereocenters. The number of rotatable bonds is 2. The molecule has 0 aromatic carbocycles. The second kappa shape index (κ2) is 2.66. The summed E-state index contributed by atoms with van der Waals surface area (Å²) in [5, 5.41) is 3.23. The van der Waals surface area contributed by atoms with E-state index in [9.17, 15) is 4.91 Å². The fraction of sp³-hybridized carbons (Fsp3) is 1.00. The molecular formula is C7H15N2O+. The molecule has 10 heavy (non-hydrogen) atoms. The summed E-state index contributed by atoms with van der Waals surface area (Å²) in [5.74, 6) is 0. The smallest absolute Gasteiger partial charge is 0.253 e. The minimum Gasteiger partial charge on any atom is -0.253 e. The van der Waals surface area contributed by atoms with Gasteiger partial charge >= 0.3 is 0 Å². The van der Waals surface area contributed by atoms with Crippen molar-refractivity contribution in [3.8, 4) is 0 Å². The molecule has 0 aliphatic carbocycles. The van der Waals surface area contributed by atoms with Gasteiger partial charge in [0.2, 0.25) is 0 Å². The largest absolute Gasteiger partial charge is 0.263 e. The molecule has 0 aromatic heterocycles. The summed E-state index contributed by atoms with van der Waals surface area (Å²) in [6.45, 7) is 3.03. The quantitative estimate of drug-likeness (QED) is 0.582. The van der Waals surface area contributed by atoms with Crippen LogP contribution in [0.2, 0.25) is 0 Å². The van der Waals surface area contributed by atoms with E-state index in [1.165, 1.54) is 0 Å². The van der Waals surface area contributed by atoms with Crippen LogP contribution in [0.1, 0.15) is 26.2 Å². The monoisotopic (exact) mass is 143 g/mol. The molecule has 3 heteroatoms. The SMILES string of the molecule is CCC1([N+](C)=O)CCCN1. The number of nitrogens with one attached hydrogen (secondary N) is 1. The predicted molar refractivity (Wildman–Crippen MR) is 39.8 cm³/mol. The lowest BCUT2D eigenvalue weighted by Crippen LogP contribution is -2.47. The van der Waals surface area contributed by atoms with Gasteiger partial charge in [0.15, 0.2) is 7.05 Å². The Balaban J connectivity index is 2.67. The molecule has 0 saturated carbocycles. The molecule has 0 aromatic rings. The average molecular weight is 143 g/mol. The van der Waals surface area contributed by atoms with Gasteiger partial charge in [0, 0.05) is 29.1 Å². The summed E-state index contributed by atoms with van der Waals surface area (Å²) in [6.07, 6.45) is 3.01. The van der Waals surface area contributed by atoms with Crippen LogP contribution in [0.4, 0.5) is 0 Å². The lowest BCUT2D eigenvalue weighted by molar-refractivity contribution is -0.608.